The van der Waals surface area contributed by atoms with Crippen molar-refractivity contribution < 1.29 is 13.9 Å². The number of carbonyl (C=O) groups is 1. The number of aryl methyl sites for hydroxylation is 3. The lowest BCUT2D eigenvalue weighted by Crippen LogP contribution is -2.26. The smallest absolute Gasteiger partial charge is 0.251 e. The second-order valence-electron chi connectivity index (χ2n) is 8.25. The molecule has 0 aliphatic heterocycles. The van der Waals surface area contributed by atoms with Gasteiger partial charge in [-0.25, -0.2) is 9.37 Å². The molecule has 34 heavy (non-hydrogen) atoms. The van der Waals surface area contributed by atoms with Crippen molar-refractivity contribution >= 4 is 28.5 Å². The third-order valence-corrected chi connectivity index (χ3v) is 6.28. The summed E-state index contributed by atoms with van der Waals surface area (Å²) in [6, 6.07) is 17.4. The molecule has 0 saturated heterocycles. The van der Waals surface area contributed by atoms with E-state index in [2.05, 4.69) is 16.0 Å². The number of nitrogens with zero attached hydrogens (tertiary/aromatic N) is 2. The van der Waals surface area contributed by atoms with Crippen LogP contribution in [0, 0.1) is 19.7 Å². The fraction of sp³-hybridized carbons (Fsp3) is 0.259. The summed E-state index contributed by atoms with van der Waals surface area (Å²) in [4.78, 5) is 17.1. The van der Waals surface area contributed by atoms with Crippen LogP contribution in [0.5, 0.6) is 5.75 Å². The van der Waals surface area contributed by atoms with Gasteiger partial charge in [-0.3, -0.25) is 4.79 Å². The highest BCUT2D eigenvalue weighted by Crippen LogP contribution is 2.26. The van der Waals surface area contributed by atoms with Crippen LogP contribution in [0.4, 0.5) is 4.39 Å². The van der Waals surface area contributed by atoms with Crippen LogP contribution >= 0.6 is 11.6 Å². The summed E-state index contributed by atoms with van der Waals surface area (Å²) >= 11 is 6.25. The van der Waals surface area contributed by atoms with E-state index in [4.69, 9.17) is 21.3 Å². The van der Waals surface area contributed by atoms with Crippen molar-refractivity contribution in [1.82, 2.24) is 14.9 Å². The molecule has 0 atom stereocenters. The maximum Gasteiger partial charge on any atom is 0.251 e. The Morgan fingerprint density at radius 1 is 1.09 bits per heavy atom. The van der Waals surface area contributed by atoms with Gasteiger partial charge in [-0.15, -0.1) is 0 Å². The molecule has 0 radical (unpaired) electrons. The van der Waals surface area contributed by atoms with Crippen molar-refractivity contribution in [2.75, 3.05) is 13.2 Å². The average molecular weight is 480 g/mol. The maximum atomic E-state index is 13.1. The van der Waals surface area contributed by atoms with Crippen molar-refractivity contribution in [3.63, 3.8) is 0 Å². The highest BCUT2D eigenvalue weighted by atomic mass is 35.5. The van der Waals surface area contributed by atoms with Crippen LogP contribution in [-0.4, -0.2) is 28.6 Å². The number of rotatable bonds is 9. The second-order valence-corrected chi connectivity index (χ2v) is 8.63. The van der Waals surface area contributed by atoms with Crippen LogP contribution in [0.2, 0.25) is 5.02 Å². The van der Waals surface area contributed by atoms with Crippen molar-refractivity contribution in [2.45, 2.75) is 33.2 Å². The number of aromatic nitrogens is 2. The minimum atomic E-state index is -0.365. The van der Waals surface area contributed by atoms with E-state index in [0.717, 1.165) is 51.7 Å². The van der Waals surface area contributed by atoms with Gasteiger partial charge in [0.2, 0.25) is 0 Å². The van der Waals surface area contributed by atoms with E-state index in [-0.39, 0.29) is 11.7 Å². The van der Waals surface area contributed by atoms with E-state index < -0.39 is 0 Å². The number of hydrogen-bond donors (Lipinski definition) is 1. The van der Waals surface area contributed by atoms with Crippen molar-refractivity contribution in [2.24, 2.45) is 0 Å². The molecule has 176 valence electrons. The highest BCUT2D eigenvalue weighted by molar-refractivity contribution is 6.32. The third-order valence-electron chi connectivity index (χ3n) is 5.68. The summed E-state index contributed by atoms with van der Waals surface area (Å²) in [7, 11) is 0. The number of hydrogen-bond acceptors (Lipinski definition) is 3. The Labute approximate surface area is 203 Å². The van der Waals surface area contributed by atoms with E-state index in [1.165, 1.54) is 24.3 Å². The van der Waals surface area contributed by atoms with Gasteiger partial charge in [-0.05, 0) is 79.9 Å². The molecule has 0 saturated carbocycles. The van der Waals surface area contributed by atoms with Crippen molar-refractivity contribution in [3.8, 4) is 5.75 Å². The largest absolute Gasteiger partial charge is 0.494 e. The topological polar surface area (TPSA) is 56.1 Å². The zero-order valence-electron chi connectivity index (χ0n) is 19.3. The van der Waals surface area contributed by atoms with Gasteiger partial charge in [0.25, 0.3) is 5.91 Å². The molecule has 0 aliphatic carbocycles. The van der Waals surface area contributed by atoms with Gasteiger partial charge in [-0.2, -0.15) is 0 Å². The van der Waals surface area contributed by atoms with Gasteiger partial charge in [0, 0.05) is 30.1 Å². The zero-order valence-corrected chi connectivity index (χ0v) is 20.0. The van der Waals surface area contributed by atoms with E-state index in [0.29, 0.717) is 25.1 Å². The summed E-state index contributed by atoms with van der Waals surface area (Å²) in [5.41, 5.74) is 4.41. The Morgan fingerprint density at radius 2 is 1.79 bits per heavy atom. The van der Waals surface area contributed by atoms with E-state index in [9.17, 15) is 9.18 Å². The molecule has 0 spiro atoms. The van der Waals surface area contributed by atoms with Crippen LogP contribution in [-0.2, 0) is 13.0 Å². The number of amides is 1. The maximum absolute atomic E-state index is 13.1. The Kier molecular flexibility index (Phi) is 7.48. The van der Waals surface area contributed by atoms with E-state index in [1.54, 1.807) is 0 Å². The predicted octanol–water partition coefficient (Wildman–Crippen LogP) is 5.89. The van der Waals surface area contributed by atoms with Gasteiger partial charge < -0.3 is 14.6 Å². The standard InChI is InChI=1S/C27H27ClFN3O2/c1-18-16-22(17-19(2)26(18)28)34-15-5-14-32-24-7-4-3-6-23(24)31-25(32)12-13-30-27(33)20-8-10-21(29)11-9-20/h3-4,6-11,16-17H,5,12-15H2,1-2H3,(H,30,33). The molecule has 0 fully saturated rings. The average Bonchev–Trinajstić information content (AvgIpc) is 3.18. The quantitative estimate of drug-likeness (QED) is 0.305. The van der Waals surface area contributed by atoms with Gasteiger partial charge >= 0.3 is 0 Å². The van der Waals surface area contributed by atoms with Crippen molar-refractivity contribution in [3.05, 3.63) is 94.0 Å². The fourth-order valence-corrected chi connectivity index (χ4v) is 4.07. The Bertz CT molecular complexity index is 1280. The molecule has 3 aromatic carbocycles. The summed E-state index contributed by atoms with van der Waals surface area (Å²) in [6.07, 6.45) is 1.38. The van der Waals surface area contributed by atoms with Crippen LogP contribution in [0.3, 0.4) is 0 Å². The SMILES string of the molecule is Cc1cc(OCCCn2c(CCNC(=O)c3ccc(F)cc3)nc3ccccc32)cc(C)c1Cl. The van der Waals surface area contributed by atoms with E-state index >= 15 is 0 Å². The first-order valence-electron chi connectivity index (χ1n) is 11.3. The summed E-state index contributed by atoms with van der Waals surface area (Å²) in [6.45, 7) is 5.68. The molecular formula is C27H27ClFN3O2. The van der Waals surface area contributed by atoms with Gasteiger partial charge in [0.05, 0.1) is 17.6 Å². The first kappa shape index (κ1) is 23.8. The molecule has 7 heteroatoms. The molecule has 1 N–H and O–H groups in total. The number of halogens is 2. The van der Waals surface area contributed by atoms with Gasteiger partial charge in [0.15, 0.2) is 0 Å². The molecule has 5 nitrogen and oxygen atoms in total. The fourth-order valence-electron chi connectivity index (χ4n) is 3.96. The number of imidazole rings is 1. The Hall–Kier alpha value is -3.38. The molecule has 4 rings (SSSR count). The van der Waals surface area contributed by atoms with E-state index in [1.807, 2.05) is 44.2 Å². The van der Waals surface area contributed by atoms with Crippen LogP contribution in [0.25, 0.3) is 11.0 Å². The number of para-hydroxylation sites is 2. The molecule has 0 bridgehead atoms. The normalized spacial score (nSPS) is 11.1. The number of benzene rings is 3. The lowest BCUT2D eigenvalue weighted by atomic mass is 10.1. The molecule has 4 aromatic rings. The molecular weight excluding hydrogens is 453 g/mol. The predicted molar refractivity (Wildman–Crippen MR) is 133 cm³/mol. The lowest BCUT2D eigenvalue weighted by Gasteiger charge is -2.12. The van der Waals surface area contributed by atoms with Crippen LogP contribution in [0.15, 0.2) is 60.7 Å². The van der Waals surface area contributed by atoms with Crippen LogP contribution < -0.4 is 10.1 Å². The summed E-state index contributed by atoms with van der Waals surface area (Å²) in [5.74, 6) is 1.12. The number of carbonyl (C=O) groups excluding carboxylic acids is 1. The zero-order chi connectivity index (χ0) is 24.1. The first-order chi connectivity index (χ1) is 16.4. The van der Waals surface area contributed by atoms with Crippen LogP contribution in [0.1, 0.15) is 33.7 Å². The number of fused-ring (bicyclic) bond motifs is 1. The van der Waals surface area contributed by atoms with Crippen molar-refractivity contribution in [1.29, 1.82) is 0 Å². The molecule has 0 unspecified atom stereocenters. The minimum Gasteiger partial charge on any atom is -0.494 e. The summed E-state index contributed by atoms with van der Waals surface area (Å²) < 4.78 is 21.2. The minimum absolute atomic E-state index is 0.232. The Balaban J connectivity index is 1.38. The number of nitrogens with one attached hydrogen (secondary N) is 1. The number of ether oxygens (including phenoxy) is 1. The van der Waals surface area contributed by atoms with Gasteiger partial charge in [-0.1, -0.05) is 23.7 Å². The highest BCUT2D eigenvalue weighted by Gasteiger charge is 2.12. The Morgan fingerprint density at radius 3 is 2.53 bits per heavy atom. The monoisotopic (exact) mass is 479 g/mol. The molecule has 1 amide bonds. The summed E-state index contributed by atoms with van der Waals surface area (Å²) in [5, 5.41) is 3.66. The van der Waals surface area contributed by atoms with Gasteiger partial charge in [0.1, 0.15) is 17.4 Å². The molecule has 0 aliphatic rings. The second kappa shape index (κ2) is 10.7. The molecule has 1 aromatic heterocycles. The lowest BCUT2D eigenvalue weighted by molar-refractivity contribution is 0.0954. The third kappa shape index (κ3) is 5.57. The molecule has 1 heterocycles. The first-order valence-corrected chi connectivity index (χ1v) is 11.7.